The Kier molecular flexibility index (Phi) is 7.15. The summed E-state index contributed by atoms with van der Waals surface area (Å²) in [6.45, 7) is 5.30. The SMILES string of the molecule is Clc1ccc(CCN2CCC(CNCc3ccc4c(c3)-c3ccccc3C4)(c3ccccc3)CC2)cc1. The van der Waals surface area contributed by atoms with Gasteiger partial charge in [-0.2, -0.15) is 0 Å². The molecule has 0 radical (unpaired) electrons. The minimum absolute atomic E-state index is 0.182. The van der Waals surface area contributed by atoms with E-state index in [2.05, 4.69) is 95.1 Å². The summed E-state index contributed by atoms with van der Waals surface area (Å²) >= 11 is 6.06. The second-order valence-corrected chi connectivity index (χ2v) is 11.2. The van der Waals surface area contributed by atoms with Crippen molar-refractivity contribution >= 4 is 11.6 Å². The number of hydrogen-bond donors (Lipinski definition) is 1. The van der Waals surface area contributed by atoms with Crippen LogP contribution in [0.2, 0.25) is 5.02 Å². The Morgan fingerprint density at radius 1 is 0.730 bits per heavy atom. The molecule has 3 heteroatoms. The maximum atomic E-state index is 6.06. The molecule has 37 heavy (non-hydrogen) atoms. The number of fused-ring (bicyclic) bond motifs is 3. The molecule has 4 aromatic rings. The van der Waals surface area contributed by atoms with Gasteiger partial charge >= 0.3 is 0 Å². The first-order valence-corrected chi connectivity index (χ1v) is 14.0. The van der Waals surface area contributed by atoms with E-state index in [-0.39, 0.29) is 5.41 Å². The fraction of sp³-hybridized carbons (Fsp3) is 0.294. The van der Waals surface area contributed by atoms with Crippen LogP contribution >= 0.6 is 11.6 Å². The molecule has 0 unspecified atom stereocenters. The average molecular weight is 507 g/mol. The molecule has 6 rings (SSSR count). The number of likely N-dealkylation sites (tertiary alicyclic amines) is 1. The standard InChI is InChI=1S/C34H35ClN2/c35-31-14-11-26(12-15-31)16-19-37-20-17-34(18-21-37,30-7-2-1-3-8-30)25-36-24-27-10-13-29-23-28-6-4-5-9-32(28)33(29)22-27/h1-15,22,36H,16-21,23-25H2. The number of nitrogens with zero attached hydrogens (tertiary/aromatic N) is 1. The van der Waals surface area contributed by atoms with Crippen molar-refractivity contribution in [1.29, 1.82) is 0 Å². The Labute approximate surface area is 226 Å². The van der Waals surface area contributed by atoms with Gasteiger partial charge in [0.1, 0.15) is 0 Å². The van der Waals surface area contributed by atoms with Crippen molar-refractivity contribution in [2.24, 2.45) is 0 Å². The lowest BCUT2D eigenvalue weighted by molar-refractivity contribution is 0.157. The summed E-state index contributed by atoms with van der Waals surface area (Å²) in [7, 11) is 0. The number of rotatable bonds is 8. The van der Waals surface area contributed by atoms with Crippen LogP contribution in [-0.4, -0.2) is 31.1 Å². The number of piperidine rings is 1. The van der Waals surface area contributed by atoms with E-state index in [0.29, 0.717) is 0 Å². The monoisotopic (exact) mass is 506 g/mol. The summed E-state index contributed by atoms with van der Waals surface area (Å²) < 4.78 is 0. The van der Waals surface area contributed by atoms with Gasteiger partial charge in [-0.25, -0.2) is 0 Å². The topological polar surface area (TPSA) is 15.3 Å². The number of nitrogens with one attached hydrogen (secondary N) is 1. The molecule has 1 heterocycles. The van der Waals surface area contributed by atoms with Gasteiger partial charge in [-0.05, 0) is 95.9 Å². The molecule has 1 aliphatic carbocycles. The lowest BCUT2D eigenvalue weighted by Crippen LogP contribution is -2.48. The highest BCUT2D eigenvalue weighted by molar-refractivity contribution is 6.30. The molecule has 0 saturated carbocycles. The quantitative estimate of drug-likeness (QED) is 0.238. The molecule has 1 saturated heterocycles. The van der Waals surface area contributed by atoms with Crippen molar-refractivity contribution in [2.45, 2.75) is 37.6 Å². The van der Waals surface area contributed by atoms with E-state index in [0.717, 1.165) is 50.6 Å². The van der Waals surface area contributed by atoms with Crippen molar-refractivity contribution in [3.63, 3.8) is 0 Å². The van der Waals surface area contributed by atoms with Gasteiger partial charge < -0.3 is 10.2 Å². The fourth-order valence-corrected chi connectivity index (χ4v) is 6.36. The predicted molar refractivity (Wildman–Crippen MR) is 155 cm³/mol. The summed E-state index contributed by atoms with van der Waals surface area (Å²) in [6.07, 6.45) is 4.50. The Bertz CT molecular complexity index is 1340. The van der Waals surface area contributed by atoms with Gasteiger partial charge in [0.15, 0.2) is 0 Å². The van der Waals surface area contributed by atoms with Crippen LogP contribution < -0.4 is 5.32 Å². The Balaban J connectivity index is 1.10. The number of hydrogen-bond acceptors (Lipinski definition) is 2. The maximum absolute atomic E-state index is 6.06. The first-order valence-electron chi connectivity index (χ1n) is 13.6. The molecule has 0 spiro atoms. The minimum Gasteiger partial charge on any atom is -0.312 e. The molecule has 0 amide bonds. The van der Waals surface area contributed by atoms with Gasteiger partial charge in [0.05, 0.1) is 0 Å². The van der Waals surface area contributed by atoms with Crippen molar-refractivity contribution in [2.75, 3.05) is 26.2 Å². The van der Waals surface area contributed by atoms with Gasteiger partial charge in [-0.15, -0.1) is 0 Å². The first-order chi connectivity index (χ1) is 18.2. The highest BCUT2D eigenvalue weighted by Gasteiger charge is 2.35. The van der Waals surface area contributed by atoms with E-state index >= 15 is 0 Å². The fourth-order valence-electron chi connectivity index (χ4n) is 6.23. The second-order valence-electron chi connectivity index (χ2n) is 10.8. The van der Waals surface area contributed by atoms with E-state index in [1.54, 1.807) is 0 Å². The van der Waals surface area contributed by atoms with E-state index in [9.17, 15) is 0 Å². The molecule has 1 N–H and O–H groups in total. The summed E-state index contributed by atoms with van der Waals surface area (Å²) in [5.74, 6) is 0. The van der Waals surface area contributed by atoms with Crippen molar-refractivity contribution in [1.82, 2.24) is 10.2 Å². The molecule has 1 fully saturated rings. The van der Waals surface area contributed by atoms with Gasteiger partial charge in [0.2, 0.25) is 0 Å². The Morgan fingerprint density at radius 2 is 1.43 bits per heavy atom. The third-order valence-corrected chi connectivity index (χ3v) is 8.74. The average Bonchev–Trinajstić information content (AvgIpc) is 3.32. The summed E-state index contributed by atoms with van der Waals surface area (Å²) in [5, 5.41) is 4.68. The van der Waals surface area contributed by atoms with E-state index in [4.69, 9.17) is 11.6 Å². The van der Waals surface area contributed by atoms with Crippen LogP contribution in [0.3, 0.4) is 0 Å². The van der Waals surface area contributed by atoms with Gasteiger partial charge in [-0.1, -0.05) is 90.5 Å². The maximum Gasteiger partial charge on any atom is 0.0406 e. The van der Waals surface area contributed by atoms with E-state index in [1.165, 1.54) is 51.8 Å². The second kappa shape index (κ2) is 10.8. The minimum atomic E-state index is 0.182. The number of benzene rings is 4. The van der Waals surface area contributed by atoms with Crippen LogP contribution in [0, 0.1) is 0 Å². The van der Waals surface area contributed by atoms with Crippen LogP contribution in [0.1, 0.15) is 40.7 Å². The van der Waals surface area contributed by atoms with Crippen LogP contribution in [0.4, 0.5) is 0 Å². The summed E-state index contributed by atoms with van der Waals surface area (Å²) in [5.41, 5.74) is 10.1. The molecular weight excluding hydrogens is 472 g/mol. The van der Waals surface area contributed by atoms with E-state index in [1.807, 2.05) is 12.1 Å². The molecule has 4 aromatic carbocycles. The highest BCUT2D eigenvalue weighted by atomic mass is 35.5. The molecule has 2 nitrogen and oxygen atoms in total. The smallest absolute Gasteiger partial charge is 0.0406 e. The van der Waals surface area contributed by atoms with Crippen LogP contribution in [0.5, 0.6) is 0 Å². The van der Waals surface area contributed by atoms with Gasteiger partial charge in [-0.3, -0.25) is 0 Å². The third-order valence-electron chi connectivity index (χ3n) is 8.48. The Morgan fingerprint density at radius 3 is 2.24 bits per heavy atom. The number of halogens is 1. The molecule has 2 aliphatic rings. The first kappa shape index (κ1) is 24.4. The normalized spacial score (nSPS) is 16.4. The zero-order chi connectivity index (χ0) is 25.1. The zero-order valence-electron chi connectivity index (χ0n) is 21.4. The lowest BCUT2D eigenvalue weighted by atomic mass is 9.72. The van der Waals surface area contributed by atoms with E-state index < -0.39 is 0 Å². The summed E-state index contributed by atoms with van der Waals surface area (Å²) in [4.78, 5) is 2.63. The predicted octanol–water partition coefficient (Wildman–Crippen LogP) is 7.28. The lowest BCUT2D eigenvalue weighted by Gasteiger charge is -2.42. The zero-order valence-corrected chi connectivity index (χ0v) is 22.2. The van der Waals surface area contributed by atoms with Crippen LogP contribution in [0.25, 0.3) is 11.1 Å². The van der Waals surface area contributed by atoms with Crippen molar-refractivity contribution in [3.8, 4) is 11.1 Å². The van der Waals surface area contributed by atoms with Crippen molar-refractivity contribution in [3.05, 3.63) is 130 Å². The van der Waals surface area contributed by atoms with Crippen LogP contribution in [0.15, 0.2) is 97.1 Å². The summed E-state index contributed by atoms with van der Waals surface area (Å²) in [6, 6.07) is 35.4. The highest BCUT2D eigenvalue weighted by Crippen LogP contribution is 2.37. The molecule has 0 atom stereocenters. The molecular formula is C34H35ClN2. The largest absolute Gasteiger partial charge is 0.312 e. The van der Waals surface area contributed by atoms with Gasteiger partial charge in [0.25, 0.3) is 0 Å². The van der Waals surface area contributed by atoms with Crippen molar-refractivity contribution < 1.29 is 0 Å². The van der Waals surface area contributed by atoms with Gasteiger partial charge in [0, 0.05) is 30.1 Å². The van der Waals surface area contributed by atoms with Crippen LogP contribution in [-0.2, 0) is 24.8 Å². The molecule has 1 aliphatic heterocycles. The third kappa shape index (κ3) is 5.38. The Hall–Kier alpha value is -2.91. The molecule has 0 bridgehead atoms. The molecule has 0 aromatic heterocycles. The molecule has 188 valence electrons.